The number of morpholine rings is 1. The number of anilines is 2. The smallest absolute Gasteiger partial charge is 0.393 e. The summed E-state index contributed by atoms with van der Waals surface area (Å²) in [5.74, 6) is 1.42. The van der Waals surface area contributed by atoms with Crippen LogP contribution >= 0.6 is 0 Å². The van der Waals surface area contributed by atoms with Gasteiger partial charge in [0, 0.05) is 25.2 Å². The minimum Gasteiger partial charge on any atom is -0.497 e. The van der Waals surface area contributed by atoms with Crippen molar-refractivity contribution >= 4 is 17.5 Å². The van der Waals surface area contributed by atoms with Gasteiger partial charge in [0.05, 0.1) is 32.9 Å². The molecule has 1 aliphatic heterocycles. The first-order chi connectivity index (χ1) is 14.4. The number of alkyl halides is 3. The molecule has 1 saturated heterocycles. The molecule has 0 amide bonds. The number of ether oxygens (including phenoxy) is 2. The molecule has 2 aromatic heterocycles. The normalized spacial score (nSPS) is 14.9. The molecule has 1 fully saturated rings. The van der Waals surface area contributed by atoms with Crippen LogP contribution in [0.25, 0.3) is 5.65 Å². The number of nitrogens with zero attached hydrogens (tertiary/aromatic N) is 5. The highest BCUT2D eigenvalue weighted by molar-refractivity contribution is 5.55. The fraction of sp³-hybridized carbons (Fsp3) is 0.421. The molecule has 30 heavy (non-hydrogen) atoms. The van der Waals surface area contributed by atoms with Gasteiger partial charge in [-0.05, 0) is 17.7 Å². The zero-order valence-corrected chi connectivity index (χ0v) is 16.3. The molecule has 4 rings (SSSR count). The van der Waals surface area contributed by atoms with Crippen molar-refractivity contribution in [3.8, 4) is 5.75 Å². The molecule has 3 heterocycles. The van der Waals surface area contributed by atoms with E-state index in [0.29, 0.717) is 44.7 Å². The summed E-state index contributed by atoms with van der Waals surface area (Å²) < 4.78 is 50.8. The van der Waals surface area contributed by atoms with Crippen molar-refractivity contribution in [2.75, 3.05) is 43.6 Å². The van der Waals surface area contributed by atoms with Crippen LogP contribution in [0.1, 0.15) is 11.1 Å². The van der Waals surface area contributed by atoms with Crippen LogP contribution in [0, 0.1) is 0 Å². The molecule has 0 bridgehead atoms. The standard InChI is InChI=1S/C19H21F3N6O2/c1-29-15-4-2-13(3-5-15)11-23-17-26-18(27-6-8-30-9-7-27)25-16-14(10-19(20,21)22)12-24-28(16)17/h2-5,12H,6-11H2,1H3,(H,23,25,26). The third-order valence-corrected chi connectivity index (χ3v) is 4.72. The van der Waals surface area contributed by atoms with E-state index in [9.17, 15) is 13.2 Å². The van der Waals surface area contributed by atoms with E-state index in [1.807, 2.05) is 29.2 Å². The van der Waals surface area contributed by atoms with E-state index in [1.54, 1.807) is 7.11 Å². The van der Waals surface area contributed by atoms with Gasteiger partial charge < -0.3 is 19.7 Å². The zero-order valence-electron chi connectivity index (χ0n) is 16.3. The molecule has 0 unspecified atom stereocenters. The molecule has 0 spiro atoms. The van der Waals surface area contributed by atoms with Crippen LogP contribution in [0.2, 0.25) is 0 Å². The number of hydrogen-bond donors (Lipinski definition) is 1. The number of hydrogen-bond acceptors (Lipinski definition) is 7. The number of nitrogens with one attached hydrogen (secondary N) is 1. The first kappa shape index (κ1) is 20.2. The van der Waals surface area contributed by atoms with Gasteiger partial charge in [0.2, 0.25) is 11.9 Å². The molecule has 1 aliphatic rings. The van der Waals surface area contributed by atoms with Crippen LogP contribution < -0.4 is 15.0 Å². The first-order valence-corrected chi connectivity index (χ1v) is 9.44. The number of methoxy groups -OCH3 is 1. The van der Waals surface area contributed by atoms with Gasteiger partial charge in [0.1, 0.15) is 5.75 Å². The van der Waals surface area contributed by atoms with Gasteiger partial charge in [-0.2, -0.15) is 32.8 Å². The van der Waals surface area contributed by atoms with Gasteiger partial charge in [0.25, 0.3) is 0 Å². The van der Waals surface area contributed by atoms with Crippen LogP contribution in [-0.4, -0.2) is 59.2 Å². The van der Waals surface area contributed by atoms with Crippen molar-refractivity contribution in [1.29, 1.82) is 0 Å². The summed E-state index contributed by atoms with van der Waals surface area (Å²) in [6.45, 7) is 2.57. The predicted octanol–water partition coefficient (Wildman–Crippen LogP) is 2.69. The van der Waals surface area contributed by atoms with Gasteiger partial charge >= 0.3 is 6.18 Å². The molecular weight excluding hydrogens is 401 g/mol. The second-order valence-electron chi connectivity index (χ2n) is 6.85. The van der Waals surface area contributed by atoms with Crippen molar-refractivity contribution in [2.45, 2.75) is 19.1 Å². The summed E-state index contributed by atoms with van der Waals surface area (Å²) in [5.41, 5.74) is 1.10. The van der Waals surface area contributed by atoms with E-state index in [-0.39, 0.29) is 11.2 Å². The second-order valence-corrected chi connectivity index (χ2v) is 6.85. The number of fused-ring (bicyclic) bond motifs is 1. The van der Waals surface area contributed by atoms with Crippen molar-refractivity contribution < 1.29 is 22.6 Å². The fourth-order valence-electron chi connectivity index (χ4n) is 3.20. The lowest BCUT2D eigenvalue weighted by Gasteiger charge is -2.27. The van der Waals surface area contributed by atoms with E-state index in [1.165, 1.54) is 10.7 Å². The Balaban J connectivity index is 1.66. The Bertz CT molecular complexity index is 1000. The summed E-state index contributed by atoms with van der Waals surface area (Å²) in [4.78, 5) is 10.8. The highest BCUT2D eigenvalue weighted by Gasteiger charge is 2.30. The summed E-state index contributed by atoms with van der Waals surface area (Å²) in [5, 5.41) is 7.26. The highest BCUT2D eigenvalue weighted by atomic mass is 19.4. The SMILES string of the molecule is COc1ccc(CNc2nc(N3CCOCC3)nc3c(CC(F)(F)F)cnn23)cc1. The average Bonchev–Trinajstić information content (AvgIpc) is 3.14. The number of rotatable bonds is 6. The molecule has 0 atom stereocenters. The number of aromatic nitrogens is 4. The quantitative estimate of drug-likeness (QED) is 0.655. The van der Waals surface area contributed by atoms with Crippen molar-refractivity contribution in [3.63, 3.8) is 0 Å². The van der Waals surface area contributed by atoms with Crippen LogP contribution in [0.4, 0.5) is 25.1 Å². The van der Waals surface area contributed by atoms with E-state index in [2.05, 4.69) is 20.4 Å². The summed E-state index contributed by atoms with van der Waals surface area (Å²) in [6.07, 6.45) is -4.27. The lowest BCUT2D eigenvalue weighted by atomic mass is 10.2. The second kappa shape index (κ2) is 8.34. The molecule has 3 aromatic rings. The summed E-state index contributed by atoms with van der Waals surface area (Å²) in [6, 6.07) is 7.46. The summed E-state index contributed by atoms with van der Waals surface area (Å²) >= 11 is 0. The minimum absolute atomic E-state index is 0.00640. The van der Waals surface area contributed by atoms with E-state index >= 15 is 0 Å². The van der Waals surface area contributed by atoms with Crippen LogP contribution in [0.15, 0.2) is 30.5 Å². The zero-order chi connectivity index (χ0) is 21.1. The van der Waals surface area contributed by atoms with Gasteiger partial charge in [-0.3, -0.25) is 0 Å². The Labute approximate surface area is 170 Å². The molecule has 8 nitrogen and oxygen atoms in total. The molecule has 160 valence electrons. The Morgan fingerprint density at radius 1 is 1.13 bits per heavy atom. The molecule has 0 aliphatic carbocycles. The van der Waals surface area contributed by atoms with E-state index in [0.717, 1.165) is 11.3 Å². The first-order valence-electron chi connectivity index (χ1n) is 9.44. The number of benzene rings is 1. The largest absolute Gasteiger partial charge is 0.497 e. The lowest BCUT2D eigenvalue weighted by molar-refractivity contribution is -0.127. The van der Waals surface area contributed by atoms with Crippen LogP contribution in [0.3, 0.4) is 0 Å². The maximum Gasteiger partial charge on any atom is 0.393 e. The molecule has 0 saturated carbocycles. The summed E-state index contributed by atoms with van der Waals surface area (Å²) in [7, 11) is 1.59. The third-order valence-electron chi connectivity index (χ3n) is 4.72. The van der Waals surface area contributed by atoms with Crippen LogP contribution in [0.5, 0.6) is 5.75 Å². The Morgan fingerprint density at radius 3 is 2.53 bits per heavy atom. The number of halogens is 3. The molecule has 11 heteroatoms. The minimum atomic E-state index is -4.36. The highest BCUT2D eigenvalue weighted by Crippen LogP contribution is 2.26. The maximum atomic E-state index is 13.0. The van der Waals surface area contributed by atoms with Gasteiger partial charge in [0.15, 0.2) is 5.65 Å². The van der Waals surface area contributed by atoms with Crippen molar-refractivity contribution in [1.82, 2.24) is 19.6 Å². The maximum absolute atomic E-state index is 13.0. The molecular formula is C19H21F3N6O2. The van der Waals surface area contributed by atoms with Crippen LogP contribution in [-0.2, 0) is 17.7 Å². The Morgan fingerprint density at radius 2 is 1.87 bits per heavy atom. The Kier molecular flexibility index (Phi) is 5.62. The van der Waals surface area contributed by atoms with Gasteiger partial charge in [-0.1, -0.05) is 12.1 Å². The molecule has 1 N–H and O–H groups in total. The molecule has 0 radical (unpaired) electrons. The Hall–Kier alpha value is -3.08. The monoisotopic (exact) mass is 422 g/mol. The van der Waals surface area contributed by atoms with Gasteiger partial charge in [-0.25, -0.2) is 0 Å². The van der Waals surface area contributed by atoms with Gasteiger partial charge in [-0.15, -0.1) is 0 Å². The average molecular weight is 422 g/mol. The third kappa shape index (κ3) is 4.56. The van der Waals surface area contributed by atoms with E-state index < -0.39 is 12.6 Å². The van der Waals surface area contributed by atoms with Crippen molar-refractivity contribution in [2.24, 2.45) is 0 Å². The van der Waals surface area contributed by atoms with E-state index in [4.69, 9.17) is 9.47 Å². The predicted molar refractivity (Wildman–Crippen MR) is 104 cm³/mol. The van der Waals surface area contributed by atoms with Crippen molar-refractivity contribution in [3.05, 3.63) is 41.6 Å². The molecule has 1 aromatic carbocycles. The fourth-order valence-corrected chi connectivity index (χ4v) is 3.20. The topological polar surface area (TPSA) is 76.8 Å². The lowest BCUT2D eigenvalue weighted by Crippen LogP contribution is -2.37.